The van der Waals surface area contributed by atoms with Gasteiger partial charge in [-0.2, -0.15) is 0 Å². The molecule has 9 heteroatoms. The van der Waals surface area contributed by atoms with Gasteiger partial charge in [-0.25, -0.2) is 4.39 Å². The number of carbonyl (C=O) groups excluding carboxylic acids is 2. The van der Waals surface area contributed by atoms with Gasteiger partial charge in [0.05, 0.1) is 10.2 Å². The predicted octanol–water partition coefficient (Wildman–Crippen LogP) is 8.67. The quantitative estimate of drug-likeness (QED) is 0.141. The van der Waals surface area contributed by atoms with Gasteiger partial charge in [0.1, 0.15) is 12.2 Å². The van der Waals surface area contributed by atoms with E-state index in [0.717, 1.165) is 49.1 Å². The van der Waals surface area contributed by atoms with Crippen LogP contribution < -0.4 is 10.6 Å². The van der Waals surface area contributed by atoms with Crippen LogP contribution in [0, 0.1) is 12.7 Å². The molecule has 0 fully saturated rings. The van der Waals surface area contributed by atoms with Gasteiger partial charge in [0.15, 0.2) is 0 Å². The predicted molar refractivity (Wildman–Crippen MR) is 196 cm³/mol. The number of nitrogens with one attached hydrogen (secondary N) is 2. The first-order valence-electron chi connectivity index (χ1n) is 16.0. The van der Waals surface area contributed by atoms with Crippen LogP contribution in [0.15, 0.2) is 79.3 Å². The van der Waals surface area contributed by atoms with E-state index in [1.807, 2.05) is 42.7 Å². The Morgan fingerprint density at radius 2 is 1.72 bits per heavy atom. The summed E-state index contributed by atoms with van der Waals surface area (Å²) in [7, 11) is 4.14. The van der Waals surface area contributed by atoms with E-state index in [2.05, 4.69) is 85.2 Å². The van der Waals surface area contributed by atoms with Gasteiger partial charge in [-0.1, -0.05) is 51.1 Å². The SMILES string of the molecule is C=C(CN(C)C)N(/C=C(\C)c1cc2nccc(CCC)c2s1)CC.CCc1ccccc1NC(=O)CC(=O)Nc1ccc(C)c(F)c1. The van der Waals surface area contributed by atoms with E-state index in [1.54, 1.807) is 25.1 Å². The third-order valence-electron chi connectivity index (χ3n) is 7.45. The molecule has 0 saturated carbocycles. The second kappa shape index (κ2) is 18.1. The zero-order chi connectivity index (χ0) is 34.5. The molecule has 0 bridgehead atoms. The van der Waals surface area contributed by atoms with Crippen molar-refractivity contribution in [3.8, 4) is 0 Å². The largest absolute Gasteiger partial charge is 0.351 e. The van der Waals surface area contributed by atoms with Crippen molar-refractivity contribution in [2.24, 2.45) is 0 Å². The minimum absolute atomic E-state index is 0.326. The first-order chi connectivity index (χ1) is 22.4. The molecule has 2 aromatic heterocycles. The molecular formula is C38H48FN5O2S. The summed E-state index contributed by atoms with van der Waals surface area (Å²) >= 11 is 1.85. The van der Waals surface area contributed by atoms with Gasteiger partial charge < -0.3 is 20.4 Å². The van der Waals surface area contributed by atoms with Crippen LogP contribution >= 0.6 is 11.3 Å². The Bertz CT molecular complexity index is 1710. The lowest BCUT2D eigenvalue weighted by molar-refractivity contribution is -0.123. The molecule has 2 N–H and O–H groups in total. The highest BCUT2D eigenvalue weighted by Crippen LogP contribution is 2.32. The summed E-state index contributed by atoms with van der Waals surface area (Å²) in [6, 6.07) is 16.2. The van der Waals surface area contributed by atoms with Gasteiger partial charge in [-0.05, 0) is 100 Å². The fourth-order valence-electron chi connectivity index (χ4n) is 4.98. The van der Waals surface area contributed by atoms with Crippen LogP contribution in [0.25, 0.3) is 15.8 Å². The Labute approximate surface area is 283 Å². The number of amides is 2. The number of thiophene rings is 1. The summed E-state index contributed by atoms with van der Waals surface area (Å²) in [5, 5.41) is 5.24. The molecule has 2 amide bonds. The molecule has 47 heavy (non-hydrogen) atoms. The van der Waals surface area contributed by atoms with Gasteiger partial charge in [-0.15, -0.1) is 11.3 Å². The summed E-state index contributed by atoms with van der Waals surface area (Å²) < 4.78 is 14.8. The molecule has 0 saturated heterocycles. The second-order valence-corrected chi connectivity index (χ2v) is 12.7. The number of rotatable bonds is 13. The molecule has 2 heterocycles. The number of anilines is 2. The lowest BCUT2D eigenvalue weighted by atomic mass is 10.1. The monoisotopic (exact) mass is 657 g/mol. The van der Waals surface area contributed by atoms with Gasteiger partial charge >= 0.3 is 0 Å². The number of aryl methyl sites for hydroxylation is 3. The molecule has 0 unspecified atom stereocenters. The maximum Gasteiger partial charge on any atom is 0.233 e. The van der Waals surface area contributed by atoms with Crippen molar-refractivity contribution in [2.45, 2.75) is 60.3 Å². The molecule has 4 aromatic rings. The standard InChI is InChI=1S/C20H29N3S.C18H19FN2O2/c1-7-9-17-10-11-21-18-12-19(24-20(17)18)15(3)13-23(8-2)16(4)14-22(5)6;1-3-13-6-4-5-7-16(13)21-18(23)11-17(22)20-14-9-8-12(2)15(19)10-14/h10-13H,4,7-9,14H2,1-3,5-6H3;4-10H,3,11H2,1-2H3,(H,20,22)(H,21,23)/b15-13+;. The number of halogens is 1. The van der Waals surface area contributed by atoms with Crippen LogP contribution in [0.1, 0.15) is 62.1 Å². The zero-order valence-electron chi connectivity index (χ0n) is 28.7. The Hall–Kier alpha value is -4.34. The fourth-order valence-corrected chi connectivity index (χ4v) is 6.10. The smallest absolute Gasteiger partial charge is 0.233 e. The summed E-state index contributed by atoms with van der Waals surface area (Å²) in [4.78, 5) is 34.0. The van der Waals surface area contributed by atoms with Crippen molar-refractivity contribution >= 4 is 50.3 Å². The number of aromatic nitrogens is 1. The van der Waals surface area contributed by atoms with Gasteiger partial charge in [-0.3, -0.25) is 14.6 Å². The number of pyridine rings is 1. The number of allylic oxidation sites excluding steroid dienone is 1. The summed E-state index contributed by atoms with van der Waals surface area (Å²) in [6.45, 7) is 16.2. The molecular weight excluding hydrogens is 610 g/mol. The van der Waals surface area contributed by atoms with Crippen LogP contribution in [0.4, 0.5) is 15.8 Å². The van der Waals surface area contributed by atoms with E-state index < -0.39 is 17.6 Å². The highest BCUT2D eigenvalue weighted by atomic mass is 32.1. The third-order valence-corrected chi connectivity index (χ3v) is 8.78. The number of hydrogen-bond acceptors (Lipinski definition) is 6. The minimum atomic E-state index is -0.486. The topological polar surface area (TPSA) is 77.6 Å². The van der Waals surface area contributed by atoms with Crippen LogP contribution in [0.2, 0.25) is 0 Å². The number of likely N-dealkylation sites (N-methyl/N-ethyl adjacent to an activating group) is 2. The van der Waals surface area contributed by atoms with E-state index in [0.29, 0.717) is 16.9 Å². The van der Waals surface area contributed by atoms with Gasteiger partial charge in [0, 0.05) is 47.4 Å². The van der Waals surface area contributed by atoms with Crippen molar-refractivity contribution in [1.29, 1.82) is 0 Å². The number of nitrogens with zero attached hydrogens (tertiary/aromatic N) is 3. The lowest BCUT2D eigenvalue weighted by Gasteiger charge is -2.24. The number of benzene rings is 2. The Morgan fingerprint density at radius 1 is 1.00 bits per heavy atom. The zero-order valence-corrected chi connectivity index (χ0v) is 29.6. The van der Waals surface area contributed by atoms with E-state index in [4.69, 9.17) is 0 Å². The summed E-state index contributed by atoms with van der Waals surface area (Å²) in [6.07, 6.45) is 6.88. The molecule has 0 spiro atoms. The van der Waals surface area contributed by atoms with E-state index in [1.165, 1.54) is 26.8 Å². The number of para-hydroxylation sites is 1. The number of fused-ring (bicyclic) bond motifs is 1. The number of carbonyl (C=O) groups is 2. The molecule has 0 aliphatic carbocycles. The van der Waals surface area contributed by atoms with Crippen LogP contribution in [-0.4, -0.2) is 53.8 Å². The Balaban J connectivity index is 0.000000256. The van der Waals surface area contributed by atoms with E-state index in [-0.39, 0.29) is 6.42 Å². The first kappa shape index (κ1) is 37.1. The van der Waals surface area contributed by atoms with Crippen molar-refractivity contribution in [3.05, 3.63) is 107 Å². The van der Waals surface area contributed by atoms with Gasteiger partial charge in [0.25, 0.3) is 0 Å². The highest BCUT2D eigenvalue weighted by molar-refractivity contribution is 7.20. The second-order valence-electron chi connectivity index (χ2n) is 11.7. The highest BCUT2D eigenvalue weighted by Gasteiger charge is 2.13. The Kier molecular flexibility index (Phi) is 14.3. The lowest BCUT2D eigenvalue weighted by Crippen LogP contribution is -2.25. The normalized spacial score (nSPS) is 11.2. The molecule has 250 valence electrons. The van der Waals surface area contributed by atoms with Crippen LogP contribution in [0.5, 0.6) is 0 Å². The van der Waals surface area contributed by atoms with Crippen molar-refractivity contribution in [2.75, 3.05) is 37.8 Å². The maximum atomic E-state index is 13.4. The van der Waals surface area contributed by atoms with E-state index in [9.17, 15) is 14.0 Å². The average molecular weight is 658 g/mol. The Morgan fingerprint density at radius 3 is 2.38 bits per heavy atom. The van der Waals surface area contributed by atoms with Crippen LogP contribution in [0.3, 0.4) is 0 Å². The van der Waals surface area contributed by atoms with Gasteiger partial charge in [0.2, 0.25) is 11.8 Å². The number of hydrogen-bond donors (Lipinski definition) is 2. The fraction of sp³-hybridized carbons (Fsp3) is 0.342. The minimum Gasteiger partial charge on any atom is -0.351 e. The van der Waals surface area contributed by atoms with Crippen molar-refractivity contribution in [1.82, 2.24) is 14.8 Å². The van der Waals surface area contributed by atoms with E-state index >= 15 is 0 Å². The molecule has 0 atom stereocenters. The third kappa shape index (κ3) is 11.2. The summed E-state index contributed by atoms with van der Waals surface area (Å²) in [5.74, 6) is -1.29. The molecule has 4 rings (SSSR count). The molecule has 7 nitrogen and oxygen atoms in total. The first-order valence-corrected chi connectivity index (χ1v) is 16.9. The molecule has 0 aliphatic rings. The van der Waals surface area contributed by atoms with Crippen molar-refractivity contribution < 1.29 is 14.0 Å². The maximum absolute atomic E-state index is 13.4. The molecule has 0 radical (unpaired) electrons. The summed E-state index contributed by atoms with van der Waals surface area (Å²) in [5.41, 5.74) is 7.45. The molecule has 2 aromatic carbocycles. The average Bonchev–Trinajstić information content (AvgIpc) is 3.47. The van der Waals surface area contributed by atoms with Crippen molar-refractivity contribution in [3.63, 3.8) is 0 Å². The van der Waals surface area contributed by atoms with Crippen LogP contribution in [-0.2, 0) is 22.4 Å². The molecule has 0 aliphatic heterocycles.